The van der Waals surface area contributed by atoms with E-state index in [2.05, 4.69) is 19.9 Å². The Morgan fingerprint density at radius 3 is 2.32 bits per heavy atom. The molecule has 0 saturated carbocycles. The molecular weight excluding hydrogens is 451 g/mol. The molecule has 1 N–H and O–H groups in total. The van der Waals surface area contributed by atoms with Crippen LogP contribution in [0.2, 0.25) is 0 Å². The van der Waals surface area contributed by atoms with Crippen molar-refractivity contribution >= 4 is 7.82 Å². The number of aromatic hydroxyl groups is 1. The summed E-state index contributed by atoms with van der Waals surface area (Å²) in [7, 11) is -3.77. The first-order valence-corrected chi connectivity index (χ1v) is 14.3. The highest BCUT2D eigenvalue weighted by Gasteiger charge is 2.29. The second kappa shape index (κ2) is 14.3. The van der Waals surface area contributed by atoms with Gasteiger partial charge in [0.1, 0.15) is 11.5 Å². The van der Waals surface area contributed by atoms with Gasteiger partial charge in [0.2, 0.25) is 0 Å². The van der Waals surface area contributed by atoms with Gasteiger partial charge in [0.15, 0.2) is 6.79 Å². The van der Waals surface area contributed by atoms with Crippen molar-refractivity contribution in [3.05, 3.63) is 34.9 Å². The molecule has 1 aromatic rings. The number of unbranched alkanes of at least 4 members (excludes halogenated alkanes) is 2. The van der Waals surface area contributed by atoms with Gasteiger partial charge in [-0.3, -0.25) is 9.05 Å². The molecule has 0 aliphatic heterocycles. The predicted octanol–water partition coefficient (Wildman–Crippen LogP) is 8.14. The lowest BCUT2D eigenvalue weighted by Crippen LogP contribution is -2.12. The van der Waals surface area contributed by atoms with Crippen LogP contribution >= 0.6 is 7.82 Å². The van der Waals surface area contributed by atoms with E-state index in [-0.39, 0.29) is 43.5 Å². The molecule has 1 aliphatic rings. The summed E-state index contributed by atoms with van der Waals surface area (Å²) in [6.45, 7) is 12.4. The minimum absolute atomic E-state index is 0.0784. The van der Waals surface area contributed by atoms with E-state index in [1.807, 2.05) is 39.8 Å². The van der Waals surface area contributed by atoms with Crippen molar-refractivity contribution in [1.82, 2.24) is 0 Å². The third-order valence-electron chi connectivity index (χ3n) is 5.75. The molecule has 1 aromatic carbocycles. The topological polar surface area (TPSA) is 74.2 Å². The van der Waals surface area contributed by atoms with E-state index in [4.69, 9.17) is 18.3 Å². The van der Waals surface area contributed by atoms with Gasteiger partial charge in [-0.2, -0.15) is 0 Å². The maximum atomic E-state index is 13.1. The molecule has 0 fully saturated rings. The highest BCUT2D eigenvalue weighted by molar-refractivity contribution is 7.48. The zero-order chi connectivity index (χ0) is 25.1. The van der Waals surface area contributed by atoms with Crippen molar-refractivity contribution in [3.8, 4) is 11.5 Å². The first-order chi connectivity index (χ1) is 16.1. The van der Waals surface area contributed by atoms with Crippen molar-refractivity contribution in [1.29, 1.82) is 0 Å². The summed E-state index contributed by atoms with van der Waals surface area (Å²) in [5.41, 5.74) is 3.11. The minimum Gasteiger partial charge on any atom is -0.507 e. The number of ether oxygens (including phenoxy) is 1. The van der Waals surface area contributed by atoms with Crippen LogP contribution < -0.4 is 4.74 Å². The highest BCUT2D eigenvalue weighted by atomic mass is 31.2. The van der Waals surface area contributed by atoms with Crippen molar-refractivity contribution < 1.29 is 28.0 Å². The number of rotatable bonds is 15. The van der Waals surface area contributed by atoms with Gasteiger partial charge in [-0.1, -0.05) is 59.1 Å². The van der Waals surface area contributed by atoms with Crippen LogP contribution in [0.3, 0.4) is 0 Å². The van der Waals surface area contributed by atoms with Crippen molar-refractivity contribution in [3.63, 3.8) is 0 Å². The van der Waals surface area contributed by atoms with E-state index >= 15 is 0 Å². The summed E-state index contributed by atoms with van der Waals surface area (Å²) in [4.78, 5) is 0. The molecule has 6 nitrogen and oxygen atoms in total. The number of phenolic OH excluding ortho intramolecular Hbond substituents is 1. The third kappa shape index (κ3) is 9.73. The van der Waals surface area contributed by atoms with Crippen LogP contribution in [0.15, 0.2) is 23.8 Å². The lowest BCUT2D eigenvalue weighted by atomic mass is 9.84. The van der Waals surface area contributed by atoms with Gasteiger partial charge < -0.3 is 9.84 Å². The van der Waals surface area contributed by atoms with Crippen molar-refractivity contribution in [2.24, 2.45) is 11.8 Å². The van der Waals surface area contributed by atoms with Crippen LogP contribution in [0, 0.1) is 11.8 Å². The number of phosphoric acid groups is 1. The number of allylic oxidation sites excluding steroid dienone is 2. The van der Waals surface area contributed by atoms with Crippen LogP contribution in [0.25, 0.3) is 0 Å². The minimum atomic E-state index is -3.77. The lowest BCUT2D eigenvalue weighted by Gasteiger charge is -2.25. The van der Waals surface area contributed by atoms with Crippen LogP contribution in [-0.2, 0) is 24.6 Å². The molecule has 0 saturated heterocycles. The normalized spacial score (nSPS) is 16.8. The summed E-state index contributed by atoms with van der Waals surface area (Å²) < 4.78 is 35.8. The maximum Gasteiger partial charge on any atom is 0.477 e. The Labute approximate surface area is 206 Å². The standard InChI is InChI=1S/C27H45O6P/c1-7-8-9-12-23-15-25(28)27(24-13-10-11-22(6)14-24)26(16-23)30-19-33-34(29,31-17-20(2)3)32-18-21(4)5/h14-16,20-21,24,28H,7-13,17-19H2,1-6H3. The Balaban J connectivity index is 2.22. The van der Waals surface area contributed by atoms with Gasteiger partial charge in [0.05, 0.1) is 13.2 Å². The second-order valence-electron chi connectivity index (χ2n) is 10.2. The zero-order valence-corrected chi connectivity index (χ0v) is 22.9. The fourth-order valence-corrected chi connectivity index (χ4v) is 5.34. The van der Waals surface area contributed by atoms with Gasteiger partial charge in [-0.25, -0.2) is 9.09 Å². The number of phenols is 1. The molecular formula is C27H45O6P. The molecule has 1 atom stereocenters. The molecule has 7 heteroatoms. The van der Waals surface area contributed by atoms with E-state index in [9.17, 15) is 9.67 Å². The molecule has 1 unspecified atom stereocenters. The van der Waals surface area contributed by atoms with E-state index in [1.165, 1.54) is 5.57 Å². The molecule has 0 spiro atoms. The number of aryl methyl sites for hydroxylation is 1. The third-order valence-corrected chi connectivity index (χ3v) is 7.10. The van der Waals surface area contributed by atoms with Crippen LogP contribution in [0.4, 0.5) is 0 Å². The fraction of sp³-hybridized carbons (Fsp3) is 0.704. The van der Waals surface area contributed by atoms with E-state index in [0.717, 1.165) is 56.1 Å². The number of benzene rings is 1. The molecule has 1 aliphatic carbocycles. The highest BCUT2D eigenvalue weighted by Crippen LogP contribution is 2.50. The molecule has 194 valence electrons. The van der Waals surface area contributed by atoms with Crippen molar-refractivity contribution in [2.45, 2.75) is 92.4 Å². The summed E-state index contributed by atoms with van der Waals surface area (Å²) in [5, 5.41) is 11.0. The Morgan fingerprint density at radius 1 is 1.06 bits per heavy atom. The fourth-order valence-electron chi connectivity index (χ4n) is 3.97. The Bertz CT molecular complexity index is 817. The SMILES string of the molecule is CCCCCc1cc(O)c(C2C=C(C)CCC2)c(OCOP(=O)(OCC(C)C)OCC(C)C)c1. The van der Waals surface area contributed by atoms with Crippen molar-refractivity contribution in [2.75, 3.05) is 20.0 Å². The van der Waals surface area contributed by atoms with Gasteiger partial charge in [-0.15, -0.1) is 0 Å². The largest absolute Gasteiger partial charge is 0.507 e. The van der Waals surface area contributed by atoms with E-state index < -0.39 is 7.82 Å². The monoisotopic (exact) mass is 496 g/mol. The quantitative estimate of drug-likeness (QED) is 0.114. The summed E-state index contributed by atoms with van der Waals surface area (Å²) in [5.74, 6) is 1.27. The number of phosphoric ester groups is 1. The van der Waals surface area contributed by atoms with E-state index in [0.29, 0.717) is 5.75 Å². The predicted molar refractivity (Wildman–Crippen MR) is 137 cm³/mol. The molecule has 0 radical (unpaired) electrons. The molecule has 0 amide bonds. The first-order valence-electron chi connectivity index (χ1n) is 12.8. The maximum absolute atomic E-state index is 13.1. The molecule has 0 heterocycles. The molecule has 2 rings (SSSR count). The Hall–Kier alpha value is -1.33. The molecule has 34 heavy (non-hydrogen) atoms. The van der Waals surface area contributed by atoms with Gasteiger partial charge >= 0.3 is 7.82 Å². The molecule has 0 aromatic heterocycles. The Morgan fingerprint density at radius 2 is 1.74 bits per heavy atom. The first kappa shape index (κ1) is 28.9. The van der Waals surface area contributed by atoms with E-state index in [1.54, 1.807) is 0 Å². The summed E-state index contributed by atoms with van der Waals surface area (Å²) in [6.07, 6.45) is 9.50. The zero-order valence-electron chi connectivity index (χ0n) is 22.0. The average molecular weight is 497 g/mol. The van der Waals surface area contributed by atoms with Crippen LogP contribution in [0.5, 0.6) is 11.5 Å². The lowest BCUT2D eigenvalue weighted by molar-refractivity contribution is 0.0414. The smallest absolute Gasteiger partial charge is 0.477 e. The van der Waals surface area contributed by atoms with Crippen LogP contribution in [-0.4, -0.2) is 25.1 Å². The number of hydrogen-bond acceptors (Lipinski definition) is 6. The number of hydrogen-bond donors (Lipinski definition) is 1. The summed E-state index contributed by atoms with van der Waals surface area (Å²) >= 11 is 0. The second-order valence-corrected chi connectivity index (χ2v) is 11.9. The average Bonchev–Trinajstić information content (AvgIpc) is 2.76. The van der Waals surface area contributed by atoms with Gasteiger partial charge in [0.25, 0.3) is 0 Å². The Kier molecular flexibility index (Phi) is 12.1. The summed E-state index contributed by atoms with van der Waals surface area (Å²) in [6, 6.07) is 3.85. The van der Waals surface area contributed by atoms with Gasteiger partial charge in [-0.05, 0) is 68.6 Å². The van der Waals surface area contributed by atoms with Crippen LogP contribution in [0.1, 0.15) is 97.1 Å². The van der Waals surface area contributed by atoms with Gasteiger partial charge in [0, 0.05) is 11.5 Å². The molecule has 0 bridgehead atoms.